The monoisotopic (exact) mass is 1040 g/mol. The van der Waals surface area contributed by atoms with Crippen molar-refractivity contribution in [3.63, 3.8) is 0 Å². The molecule has 0 fully saturated rings. The molecule has 72 heavy (non-hydrogen) atoms. The van der Waals surface area contributed by atoms with Crippen molar-refractivity contribution in [1.82, 2.24) is 0 Å². The Morgan fingerprint density at radius 2 is 0.681 bits per heavy atom. The lowest BCUT2D eigenvalue weighted by atomic mass is 10.0. The Hall–Kier alpha value is -2.04. The van der Waals surface area contributed by atoms with E-state index in [0.29, 0.717) is 19.3 Å². The highest BCUT2D eigenvalue weighted by molar-refractivity contribution is 7.47. The normalized spacial score (nSPS) is 13.5. The molecule has 0 aliphatic carbocycles. The highest BCUT2D eigenvalue weighted by Gasteiger charge is 2.28. The molecule has 0 amide bonds. The Morgan fingerprint density at radius 1 is 0.389 bits per heavy atom. The molecule has 0 spiro atoms. The molecule has 0 aromatic carbocycles. The quantitative estimate of drug-likeness (QED) is 0.0197. The fraction of sp³-hybridized carbons (Fsp3) is 0.883. The van der Waals surface area contributed by atoms with Crippen LogP contribution in [-0.2, 0) is 42.2 Å². The smallest absolute Gasteiger partial charge is 0.462 e. The minimum Gasteiger partial charge on any atom is -0.462 e. The number of unbranched alkanes of at least 4 members (excludes halogenated alkanes) is 36. The number of phosphoric acid groups is 1. The lowest BCUT2D eigenvalue weighted by Crippen LogP contribution is -2.30. The zero-order valence-corrected chi connectivity index (χ0v) is 47.8. The molecule has 0 radical (unpaired) electrons. The van der Waals surface area contributed by atoms with Gasteiger partial charge >= 0.3 is 25.7 Å². The predicted octanol–water partition coefficient (Wildman–Crippen LogP) is 17.8. The maximum Gasteiger partial charge on any atom is 0.472 e. The molecule has 0 heterocycles. The van der Waals surface area contributed by atoms with Crippen LogP contribution in [0.4, 0.5) is 0 Å². The van der Waals surface area contributed by atoms with Gasteiger partial charge < -0.3 is 24.2 Å². The average molecular weight is 1040 g/mol. The zero-order chi connectivity index (χ0) is 52.7. The molecule has 0 aromatic rings. The van der Waals surface area contributed by atoms with Gasteiger partial charge in [-0.2, -0.15) is 0 Å². The number of hydrogen-bond acceptors (Lipinski definition) is 10. The first-order chi connectivity index (χ1) is 35.2. The minimum atomic E-state index is -4.74. The summed E-state index contributed by atoms with van der Waals surface area (Å²) in [7, 11) is -4.74. The number of phosphoric ester groups is 1. The second-order valence-electron chi connectivity index (χ2n) is 20.5. The summed E-state index contributed by atoms with van der Waals surface area (Å²) in [5, 5.41) is 9.82. The maximum absolute atomic E-state index is 12.9. The van der Waals surface area contributed by atoms with Gasteiger partial charge in [-0.05, 0) is 51.4 Å². The highest BCUT2D eigenvalue weighted by Crippen LogP contribution is 2.43. The number of aliphatic hydroxyl groups is 1. The first kappa shape index (κ1) is 70.0. The van der Waals surface area contributed by atoms with Crippen molar-refractivity contribution in [2.75, 3.05) is 26.4 Å². The zero-order valence-electron chi connectivity index (χ0n) is 46.9. The van der Waals surface area contributed by atoms with Crippen molar-refractivity contribution in [1.29, 1.82) is 0 Å². The summed E-state index contributed by atoms with van der Waals surface area (Å²) in [6, 6.07) is 0. The van der Waals surface area contributed by atoms with Gasteiger partial charge in [0.2, 0.25) is 0 Å². The van der Waals surface area contributed by atoms with Crippen LogP contribution in [0.15, 0.2) is 24.3 Å². The summed E-state index contributed by atoms with van der Waals surface area (Å²) in [6.07, 6.45) is 55.7. The third-order valence-electron chi connectivity index (χ3n) is 13.4. The highest BCUT2D eigenvalue weighted by atomic mass is 31.2. The molecule has 0 rings (SSSR count). The first-order valence-electron chi connectivity index (χ1n) is 30.2. The first-order valence-corrected chi connectivity index (χ1v) is 31.7. The summed E-state index contributed by atoms with van der Waals surface area (Å²) in [5.74, 6) is -1.45. The maximum atomic E-state index is 12.9. The number of hydrogen-bond donors (Lipinski definition) is 2. The average Bonchev–Trinajstić information content (AvgIpc) is 3.37. The van der Waals surface area contributed by atoms with Gasteiger partial charge in [0.1, 0.15) is 12.7 Å². The van der Waals surface area contributed by atoms with Crippen molar-refractivity contribution in [3.8, 4) is 0 Å². The van der Waals surface area contributed by atoms with Crippen LogP contribution in [0.1, 0.15) is 303 Å². The molecule has 0 aromatic heterocycles. The Morgan fingerprint density at radius 3 is 1.06 bits per heavy atom. The van der Waals surface area contributed by atoms with Gasteiger partial charge in [0, 0.05) is 19.3 Å². The Kier molecular flexibility index (Phi) is 53.6. The number of carbonyl (C=O) groups is 3. The second-order valence-corrected chi connectivity index (χ2v) is 22.0. The summed E-state index contributed by atoms with van der Waals surface area (Å²) in [6.45, 7) is 4.65. The topological polar surface area (TPSA) is 155 Å². The number of esters is 3. The SMILES string of the molecule is CCCCC/C=C\C/C=C\CCCCCCCCCCCC(=O)OC(COC(=O)CCCCCCCCCCC)COP(=O)(O)OCC(CO)OC(=O)CCCCCCCCCCCCCCCCCCC. The fourth-order valence-electron chi connectivity index (χ4n) is 8.74. The van der Waals surface area contributed by atoms with Crippen LogP contribution in [0.3, 0.4) is 0 Å². The van der Waals surface area contributed by atoms with E-state index in [-0.39, 0.29) is 25.9 Å². The summed E-state index contributed by atoms with van der Waals surface area (Å²) in [4.78, 5) is 48.5. The molecule has 0 aliphatic heterocycles. The molecular weight excluding hydrogens is 928 g/mol. The molecule has 11 nitrogen and oxygen atoms in total. The van der Waals surface area contributed by atoms with Crippen molar-refractivity contribution in [2.45, 2.75) is 315 Å². The van der Waals surface area contributed by atoms with E-state index in [1.165, 1.54) is 173 Å². The molecule has 3 atom stereocenters. The number of rotatable bonds is 57. The van der Waals surface area contributed by atoms with Crippen LogP contribution in [0.2, 0.25) is 0 Å². The number of ether oxygens (including phenoxy) is 3. The van der Waals surface area contributed by atoms with Gasteiger partial charge in [-0.15, -0.1) is 0 Å². The molecule has 0 aliphatic rings. The molecular formula is C60H113O11P. The second kappa shape index (κ2) is 55.2. The van der Waals surface area contributed by atoms with Gasteiger partial charge in [-0.25, -0.2) is 4.57 Å². The Bertz CT molecular complexity index is 1310. The lowest BCUT2D eigenvalue weighted by Gasteiger charge is -2.21. The van der Waals surface area contributed by atoms with Gasteiger partial charge in [-0.3, -0.25) is 23.4 Å². The van der Waals surface area contributed by atoms with E-state index in [4.69, 9.17) is 23.3 Å². The van der Waals surface area contributed by atoms with E-state index in [2.05, 4.69) is 45.1 Å². The molecule has 2 N–H and O–H groups in total. The fourth-order valence-corrected chi connectivity index (χ4v) is 9.53. The van der Waals surface area contributed by atoms with E-state index in [9.17, 15) is 28.9 Å². The summed E-state index contributed by atoms with van der Waals surface area (Å²) in [5.41, 5.74) is 0. The predicted molar refractivity (Wildman–Crippen MR) is 298 cm³/mol. The number of allylic oxidation sites excluding steroid dienone is 4. The van der Waals surface area contributed by atoms with Crippen LogP contribution >= 0.6 is 7.82 Å². The Labute approximate surface area is 442 Å². The molecule has 0 bridgehead atoms. The van der Waals surface area contributed by atoms with Crippen LogP contribution < -0.4 is 0 Å². The molecule has 0 saturated heterocycles. The van der Waals surface area contributed by atoms with Gasteiger partial charge in [0.15, 0.2) is 6.10 Å². The molecule has 3 unspecified atom stereocenters. The number of carbonyl (C=O) groups excluding carboxylic acids is 3. The van der Waals surface area contributed by atoms with Gasteiger partial charge in [0.05, 0.1) is 19.8 Å². The van der Waals surface area contributed by atoms with E-state index in [0.717, 1.165) is 70.6 Å². The van der Waals surface area contributed by atoms with E-state index < -0.39 is 57.8 Å². The van der Waals surface area contributed by atoms with Crippen LogP contribution in [-0.4, -0.2) is 66.5 Å². The van der Waals surface area contributed by atoms with Crippen LogP contribution in [0, 0.1) is 0 Å². The van der Waals surface area contributed by atoms with Gasteiger partial charge in [-0.1, -0.05) is 257 Å². The van der Waals surface area contributed by atoms with Crippen molar-refractivity contribution in [3.05, 3.63) is 24.3 Å². The van der Waals surface area contributed by atoms with Crippen LogP contribution in [0.5, 0.6) is 0 Å². The third kappa shape index (κ3) is 52.8. The Balaban J connectivity index is 4.56. The third-order valence-corrected chi connectivity index (χ3v) is 14.3. The van der Waals surface area contributed by atoms with Crippen LogP contribution in [0.25, 0.3) is 0 Å². The van der Waals surface area contributed by atoms with E-state index >= 15 is 0 Å². The van der Waals surface area contributed by atoms with E-state index in [1.807, 2.05) is 0 Å². The number of aliphatic hydroxyl groups excluding tert-OH is 1. The lowest BCUT2D eigenvalue weighted by molar-refractivity contribution is -0.161. The molecule has 424 valence electrons. The van der Waals surface area contributed by atoms with Crippen molar-refractivity contribution < 1.29 is 52.2 Å². The molecule has 12 heteroatoms. The summed E-state index contributed by atoms with van der Waals surface area (Å²) < 4.78 is 39.5. The van der Waals surface area contributed by atoms with E-state index in [1.54, 1.807) is 0 Å². The van der Waals surface area contributed by atoms with Crippen molar-refractivity contribution in [2.24, 2.45) is 0 Å². The van der Waals surface area contributed by atoms with Crippen molar-refractivity contribution >= 4 is 25.7 Å². The minimum absolute atomic E-state index is 0.168. The molecule has 0 saturated carbocycles. The largest absolute Gasteiger partial charge is 0.472 e. The summed E-state index contributed by atoms with van der Waals surface area (Å²) >= 11 is 0. The van der Waals surface area contributed by atoms with Gasteiger partial charge in [0.25, 0.3) is 0 Å². The standard InChI is InChI=1S/C60H113O11P/c1-4-7-10-13-16-19-21-23-25-27-28-30-32-34-36-39-42-45-48-51-60(64)71-57(53-67-58(62)49-46-43-40-37-18-15-12-9-6-3)55-69-72(65,66)68-54-56(52-61)70-59(63)50-47-44-41-38-35-33-31-29-26-24-22-20-17-14-11-8-5-2/h16,19,23,25,56-57,61H,4-15,17-18,20-22,24,26-55H2,1-3H3,(H,65,66)/b19-16-,25-23-.